The van der Waals surface area contributed by atoms with Crippen molar-refractivity contribution >= 4 is 17.5 Å². The van der Waals surface area contributed by atoms with Gasteiger partial charge in [0.25, 0.3) is 5.91 Å². The SMILES string of the molecule is CCCCOc1ccc(C2c3c(-c4ccc(C)cc4)n[nH]c3C(=O)N2Cc2ccccc2Cl)cc1OCC. The van der Waals surface area contributed by atoms with Crippen LogP contribution >= 0.6 is 11.6 Å². The summed E-state index contributed by atoms with van der Waals surface area (Å²) >= 11 is 6.52. The Kier molecular flexibility index (Phi) is 7.70. The van der Waals surface area contributed by atoms with Crippen LogP contribution in [0, 0.1) is 6.92 Å². The molecule has 0 bridgehead atoms. The first-order valence-electron chi connectivity index (χ1n) is 13.1. The molecule has 0 aliphatic carbocycles. The molecule has 5 rings (SSSR count). The lowest BCUT2D eigenvalue weighted by Crippen LogP contribution is -2.29. The van der Waals surface area contributed by atoms with Gasteiger partial charge in [0.2, 0.25) is 0 Å². The van der Waals surface area contributed by atoms with Crippen molar-refractivity contribution in [3.8, 4) is 22.8 Å². The maximum absolute atomic E-state index is 13.8. The molecule has 1 aromatic heterocycles. The van der Waals surface area contributed by atoms with Crippen molar-refractivity contribution in [2.24, 2.45) is 0 Å². The van der Waals surface area contributed by atoms with Gasteiger partial charge < -0.3 is 14.4 Å². The number of aryl methyl sites for hydroxylation is 1. The van der Waals surface area contributed by atoms with E-state index in [9.17, 15) is 4.79 Å². The first-order chi connectivity index (χ1) is 18.5. The number of H-pyrrole nitrogens is 1. The van der Waals surface area contributed by atoms with Crippen LogP contribution in [-0.2, 0) is 6.54 Å². The molecular formula is C31H32ClN3O3. The van der Waals surface area contributed by atoms with Crippen molar-refractivity contribution in [1.82, 2.24) is 15.1 Å². The van der Waals surface area contributed by atoms with Crippen molar-refractivity contribution in [2.45, 2.75) is 46.2 Å². The van der Waals surface area contributed by atoms with E-state index < -0.39 is 0 Å². The third kappa shape index (κ3) is 5.01. The van der Waals surface area contributed by atoms with E-state index in [1.807, 2.05) is 66.4 Å². The molecule has 0 saturated carbocycles. The van der Waals surface area contributed by atoms with E-state index in [1.165, 1.54) is 0 Å². The predicted molar refractivity (Wildman–Crippen MR) is 150 cm³/mol. The number of hydrogen-bond donors (Lipinski definition) is 1. The van der Waals surface area contributed by atoms with Gasteiger partial charge in [-0.3, -0.25) is 9.89 Å². The number of halogens is 1. The Hall–Kier alpha value is -3.77. The highest BCUT2D eigenvalue weighted by molar-refractivity contribution is 6.31. The summed E-state index contributed by atoms with van der Waals surface area (Å²) in [6.07, 6.45) is 2.02. The van der Waals surface area contributed by atoms with E-state index in [0.29, 0.717) is 42.0 Å². The van der Waals surface area contributed by atoms with Crippen LogP contribution in [0.4, 0.5) is 0 Å². The lowest BCUT2D eigenvalue weighted by Gasteiger charge is -2.27. The maximum Gasteiger partial charge on any atom is 0.273 e. The summed E-state index contributed by atoms with van der Waals surface area (Å²) in [7, 11) is 0. The van der Waals surface area contributed by atoms with Gasteiger partial charge in [-0.1, -0.05) is 79.0 Å². The molecule has 7 heteroatoms. The van der Waals surface area contributed by atoms with Crippen LogP contribution in [0.15, 0.2) is 66.7 Å². The lowest BCUT2D eigenvalue weighted by molar-refractivity contribution is 0.0730. The van der Waals surface area contributed by atoms with E-state index in [-0.39, 0.29) is 11.9 Å². The molecule has 1 aliphatic heterocycles. The van der Waals surface area contributed by atoms with Crippen molar-refractivity contribution in [3.05, 3.63) is 99.7 Å². The first kappa shape index (κ1) is 25.9. The van der Waals surface area contributed by atoms with Gasteiger partial charge in [0, 0.05) is 22.7 Å². The molecule has 196 valence electrons. The van der Waals surface area contributed by atoms with E-state index in [2.05, 4.69) is 36.2 Å². The molecule has 0 fully saturated rings. The quantitative estimate of drug-likeness (QED) is 0.218. The number of amides is 1. The van der Waals surface area contributed by atoms with E-state index in [4.69, 9.17) is 21.1 Å². The number of hydrogen-bond acceptors (Lipinski definition) is 4. The predicted octanol–water partition coefficient (Wildman–Crippen LogP) is 7.36. The van der Waals surface area contributed by atoms with Gasteiger partial charge in [-0.15, -0.1) is 0 Å². The highest BCUT2D eigenvalue weighted by Gasteiger charge is 2.42. The van der Waals surface area contributed by atoms with Crippen molar-refractivity contribution in [2.75, 3.05) is 13.2 Å². The second kappa shape index (κ2) is 11.3. The summed E-state index contributed by atoms with van der Waals surface area (Å²) in [6, 6.07) is 21.4. The van der Waals surface area contributed by atoms with Crippen molar-refractivity contribution in [1.29, 1.82) is 0 Å². The number of ether oxygens (including phenoxy) is 2. The molecule has 2 heterocycles. The zero-order valence-corrected chi connectivity index (χ0v) is 22.7. The number of benzene rings is 3. The smallest absolute Gasteiger partial charge is 0.273 e. The normalized spacial score (nSPS) is 14.6. The number of nitrogens with zero attached hydrogens (tertiary/aromatic N) is 2. The zero-order valence-electron chi connectivity index (χ0n) is 22.0. The highest BCUT2D eigenvalue weighted by Crippen LogP contribution is 2.45. The Labute approximate surface area is 228 Å². The molecule has 1 amide bonds. The molecule has 4 aromatic rings. The summed E-state index contributed by atoms with van der Waals surface area (Å²) in [6.45, 7) is 7.63. The Balaban J connectivity index is 1.62. The van der Waals surface area contributed by atoms with Crippen LogP contribution in [0.2, 0.25) is 5.02 Å². The number of aromatic nitrogens is 2. The fraction of sp³-hybridized carbons (Fsp3) is 0.290. The van der Waals surface area contributed by atoms with Crippen LogP contribution in [0.3, 0.4) is 0 Å². The van der Waals surface area contributed by atoms with Gasteiger partial charge in [0.15, 0.2) is 11.5 Å². The molecule has 0 saturated heterocycles. The minimum Gasteiger partial charge on any atom is -0.490 e. The van der Waals surface area contributed by atoms with Crippen LogP contribution in [-0.4, -0.2) is 34.2 Å². The molecule has 0 spiro atoms. The summed E-state index contributed by atoms with van der Waals surface area (Å²) in [5.41, 5.74) is 6.04. The summed E-state index contributed by atoms with van der Waals surface area (Å²) in [4.78, 5) is 15.7. The molecule has 0 radical (unpaired) electrons. The van der Waals surface area contributed by atoms with E-state index >= 15 is 0 Å². The Bertz CT molecular complexity index is 1430. The molecule has 1 N–H and O–H groups in total. The van der Waals surface area contributed by atoms with Crippen LogP contribution in [0.25, 0.3) is 11.3 Å². The van der Waals surface area contributed by atoms with Crippen LogP contribution in [0.1, 0.15) is 65.5 Å². The monoisotopic (exact) mass is 529 g/mol. The number of rotatable bonds is 10. The van der Waals surface area contributed by atoms with E-state index in [1.54, 1.807) is 0 Å². The van der Waals surface area contributed by atoms with Gasteiger partial charge in [0.05, 0.1) is 24.9 Å². The molecule has 38 heavy (non-hydrogen) atoms. The molecule has 3 aromatic carbocycles. The zero-order chi connectivity index (χ0) is 26.6. The topological polar surface area (TPSA) is 67.5 Å². The molecule has 1 aliphatic rings. The third-order valence-corrected chi connectivity index (χ3v) is 7.19. The van der Waals surface area contributed by atoms with Gasteiger partial charge in [-0.25, -0.2) is 0 Å². The number of nitrogens with one attached hydrogen (secondary N) is 1. The van der Waals surface area contributed by atoms with Gasteiger partial charge in [0.1, 0.15) is 5.69 Å². The fourth-order valence-electron chi connectivity index (χ4n) is 4.86. The Morgan fingerprint density at radius 1 is 1.00 bits per heavy atom. The fourth-order valence-corrected chi connectivity index (χ4v) is 5.05. The average Bonchev–Trinajstić information content (AvgIpc) is 3.46. The number of carbonyl (C=O) groups excluding carboxylic acids is 1. The van der Waals surface area contributed by atoms with Crippen molar-refractivity contribution < 1.29 is 14.3 Å². The lowest BCUT2D eigenvalue weighted by atomic mass is 9.95. The third-order valence-electron chi connectivity index (χ3n) is 6.83. The number of fused-ring (bicyclic) bond motifs is 1. The number of unbranched alkanes of at least 4 members (excludes halogenated alkanes) is 1. The standard InChI is InChI=1S/C31H32ClN3O3/c1-4-6-17-38-25-16-15-22(18-26(25)37-5-2)30-27-28(21-13-11-20(3)12-14-21)33-34-29(27)31(36)35(30)19-23-9-7-8-10-24(23)32/h7-16,18,30H,4-6,17,19H2,1-3H3,(H,33,34). The van der Waals surface area contributed by atoms with Crippen LogP contribution in [0.5, 0.6) is 11.5 Å². The summed E-state index contributed by atoms with van der Waals surface area (Å²) in [5.74, 6) is 1.26. The second-order valence-corrected chi connectivity index (χ2v) is 9.90. The highest BCUT2D eigenvalue weighted by atomic mass is 35.5. The molecule has 1 unspecified atom stereocenters. The Morgan fingerprint density at radius 2 is 1.79 bits per heavy atom. The van der Waals surface area contributed by atoms with Crippen molar-refractivity contribution in [3.63, 3.8) is 0 Å². The van der Waals surface area contributed by atoms with Crippen LogP contribution < -0.4 is 9.47 Å². The molecule has 6 nitrogen and oxygen atoms in total. The minimum atomic E-state index is -0.382. The number of aromatic amines is 1. The average molecular weight is 530 g/mol. The second-order valence-electron chi connectivity index (χ2n) is 9.50. The van der Waals surface area contributed by atoms with Gasteiger partial charge >= 0.3 is 0 Å². The summed E-state index contributed by atoms with van der Waals surface area (Å²) < 4.78 is 12.0. The molecular weight excluding hydrogens is 498 g/mol. The largest absolute Gasteiger partial charge is 0.490 e. The Morgan fingerprint density at radius 3 is 2.53 bits per heavy atom. The first-order valence-corrected chi connectivity index (χ1v) is 13.5. The van der Waals surface area contributed by atoms with Gasteiger partial charge in [-0.05, 0) is 49.6 Å². The maximum atomic E-state index is 13.8. The number of carbonyl (C=O) groups is 1. The summed E-state index contributed by atoms with van der Waals surface area (Å²) in [5, 5.41) is 8.26. The molecule has 1 atom stereocenters. The minimum absolute atomic E-state index is 0.114. The van der Waals surface area contributed by atoms with E-state index in [0.717, 1.165) is 46.4 Å². The van der Waals surface area contributed by atoms with Gasteiger partial charge in [-0.2, -0.15) is 5.10 Å².